The number of aliphatic hydroxyl groups excluding tert-OH is 1. The van der Waals surface area contributed by atoms with Crippen molar-refractivity contribution in [3.05, 3.63) is 0 Å². The first-order valence-corrected chi connectivity index (χ1v) is 6.12. The lowest BCUT2D eigenvalue weighted by Crippen LogP contribution is -2.45. The van der Waals surface area contributed by atoms with Crippen molar-refractivity contribution in [3.8, 4) is 0 Å². The summed E-state index contributed by atoms with van der Waals surface area (Å²) in [6.07, 6.45) is 4.12. The van der Waals surface area contributed by atoms with E-state index in [9.17, 15) is 9.90 Å². The predicted octanol–water partition coefficient (Wildman–Crippen LogP) is 0.781. The van der Waals surface area contributed by atoms with Gasteiger partial charge >= 0.3 is 0 Å². The van der Waals surface area contributed by atoms with Crippen molar-refractivity contribution >= 4 is 5.91 Å². The zero-order valence-corrected chi connectivity index (χ0v) is 10.3. The van der Waals surface area contributed by atoms with Gasteiger partial charge in [0.15, 0.2) is 0 Å². The minimum Gasteiger partial charge on any atom is -0.393 e. The van der Waals surface area contributed by atoms with E-state index in [4.69, 9.17) is 5.73 Å². The topological polar surface area (TPSA) is 75.3 Å². The fourth-order valence-electron chi connectivity index (χ4n) is 2.06. The molecule has 16 heavy (non-hydrogen) atoms. The molecule has 4 heteroatoms. The molecule has 4 nitrogen and oxygen atoms in total. The van der Waals surface area contributed by atoms with Crippen LogP contribution >= 0.6 is 0 Å². The van der Waals surface area contributed by atoms with Crippen LogP contribution < -0.4 is 11.1 Å². The van der Waals surface area contributed by atoms with Gasteiger partial charge in [0.1, 0.15) is 0 Å². The third kappa shape index (κ3) is 4.94. The van der Waals surface area contributed by atoms with Crippen LogP contribution in [-0.2, 0) is 4.79 Å². The number of carbonyl (C=O) groups is 1. The summed E-state index contributed by atoms with van der Waals surface area (Å²) < 4.78 is 0. The molecule has 0 aromatic rings. The molecule has 4 N–H and O–H groups in total. The first kappa shape index (κ1) is 13.5. The van der Waals surface area contributed by atoms with E-state index in [2.05, 4.69) is 5.32 Å². The van der Waals surface area contributed by atoms with Crippen LogP contribution in [0, 0.1) is 5.92 Å². The van der Waals surface area contributed by atoms with Gasteiger partial charge in [-0.3, -0.25) is 4.79 Å². The molecule has 0 saturated heterocycles. The second kappa shape index (κ2) is 5.64. The number of nitrogens with one attached hydrogen (secondary N) is 1. The van der Waals surface area contributed by atoms with Crippen LogP contribution in [0.2, 0.25) is 0 Å². The van der Waals surface area contributed by atoms with Gasteiger partial charge in [0, 0.05) is 18.5 Å². The van der Waals surface area contributed by atoms with E-state index in [1.165, 1.54) is 0 Å². The largest absolute Gasteiger partial charge is 0.393 e. The number of rotatable bonds is 4. The Hall–Kier alpha value is -0.610. The zero-order chi connectivity index (χ0) is 12.2. The summed E-state index contributed by atoms with van der Waals surface area (Å²) in [5, 5.41) is 12.6. The van der Waals surface area contributed by atoms with Gasteiger partial charge in [-0.05, 0) is 32.6 Å². The molecule has 0 unspecified atom stereocenters. The fraction of sp³-hybridized carbons (Fsp3) is 0.917. The second-order valence-corrected chi connectivity index (χ2v) is 5.58. The molecule has 0 aliphatic heterocycles. The molecular formula is C12H24N2O2. The summed E-state index contributed by atoms with van der Waals surface area (Å²) in [6.45, 7) is 4.24. The van der Waals surface area contributed by atoms with Gasteiger partial charge in [-0.1, -0.05) is 12.8 Å². The fourth-order valence-corrected chi connectivity index (χ4v) is 2.06. The molecule has 0 aromatic heterocycles. The minimum absolute atomic E-state index is 0.00414. The van der Waals surface area contributed by atoms with Crippen LogP contribution in [0.25, 0.3) is 0 Å². The van der Waals surface area contributed by atoms with Crippen molar-refractivity contribution in [1.29, 1.82) is 0 Å². The molecule has 1 aliphatic rings. The summed E-state index contributed by atoms with van der Waals surface area (Å²) in [4.78, 5) is 11.6. The summed E-state index contributed by atoms with van der Waals surface area (Å²) in [5.74, 6) is 0.138. The van der Waals surface area contributed by atoms with E-state index in [1.807, 2.05) is 13.8 Å². The monoisotopic (exact) mass is 228 g/mol. The van der Waals surface area contributed by atoms with Gasteiger partial charge in [-0.2, -0.15) is 0 Å². The number of nitrogens with two attached hydrogens (primary N) is 1. The van der Waals surface area contributed by atoms with Gasteiger partial charge in [-0.25, -0.2) is 0 Å². The molecule has 0 bridgehead atoms. The molecule has 1 fully saturated rings. The molecule has 1 rings (SSSR count). The smallest absolute Gasteiger partial charge is 0.220 e. The normalized spacial score (nSPS) is 26.5. The molecule has 0 radical (unpaired) electrons. The van der Waals surface area contributed by atoms with Crippen LogP contribution in [0.5, 0.6) is 0 Å². The molecule has 0 spiro atoms. The van der Waals surface area contributed by atoms with E-state index in [0.29, 0.717) is 13.0 Å². The van der Waals surface area contributed by atoms with Crippen LogP contribution in [0.1, 0.15) is 46.0 Å². The lowest BCUT2D eigenvalue weighted by atomic mass is 9.84. The SMILES string of the molecule is CC(C)(N)CNC(=O)C[C@@H]1CCCC[C@H]1O. The molecule has 1 aliphatic carbocycles. The van der Waals surface area contributed by atoms with Crippen molar-refractivity contribution in [2.45, 2.75) is 57.6 Å². The average molecular weight is 228 g/mol. The van der Waals surface area contributed by atoms with E-state index >= 15 is 0 Å². The third-order valence-corrected chi connectivity index (χ3v) is 3.06. The number of aliphatic hydroxyl groups is 1. The number of hydrogen-bond donors (Lipinski definition) is 3. The Kier molecular flexibility index (Phi) is 4.74. The molecule has 0 aromatic carbocycles. The number of hydrogen-bond acceptors (Lipinski definition) is 3. The van der Waals surface area contributed by atoms with Gasteiger partial charge < -0.3 is 16.2 Å². The maximum absolute atomic E-state index is 11.6. The van der Waals surface area contributed by atoms with Crippen molar-refractivity contribution in [1.82, 2.24) is 5.32 Å². The third-order valence-electron chi connectivity index (χ3n) is 3.06. The molecule has 0 heterocycles. The van der Waals surface area contributed by atoms with Crippen molar-refractivity contribution < 1.29 is 9.90 Å². The Bertz CT molecular complexity index is 236. The summed E-state index contributed by atoms with van der Waals surface area (Å²) in [6, 6.07) is 0. The Morgan fingerprint density at radius 1 is 1.44 bits per heavy atom. The standard InChI is InChI=1S/C12H24N2O2/c1-12(2,13)8-14-11(16)7-9-5-3-4-6-10(9)15/h9-10,15H,3-8,13H2,1-2H3,(H,14,16)/t9-,10+/m0/s1. The van der Waals surface area contributed by atoms with Crippen molar-refractivity contribution in [3.63, 3.8) is 0 Å². The van der Waals surface area contributed by atoms with E-state index in [0.717, 1.165) is 25.7 Å². The number of amides is 1. The van der Waals surface area contributed by atoms with Gasteiger partial charge in [0.25, 0.3) is 0 Å². The maximum atomic E-state index is 11.6. The lowest BCUT2D eigenvalue weighted by Gasteiger charge is -2.27. The molecule has 1 saturated carbocycles. The van der Waals surface area contributed by atoms with E-state index in [1.54, 1.807) is 0 Å². The first-order valence-electron chi connectivity index (χ1n) is 6.12. The van der Waals surface area contributed by atoms with Crippen LogP contribution in [-0.4, -0.2) is 29.2 Å². The molecule has 94 valence electrons. The van der Waals surface area contributed by atoms with Gasteiger partial charge in [0.05, 0.1) is 6.10 Å². The van der Waals surface area contributed by atoms with Gasteiger partial charge in [-0.15, -0.1) is 0 Å². The summed E-state index contributed by atoms with van der Waals surface area (Å²) in [5.41, 5.74) is 5.41. The van der Waals surface area contributed by atoms with Gasteiger partial charge in [0.2, 0.25) is 5.91 Å². The molecule has 2 atom stereocenters. The Labute approximate surface area is 97.6 Å². The van der Waals surface area contributed by atoms with Crippen LogP contribution in [0.15, 0.2) is 0 Å². The summed E-state index contributed by atoms with van der Waals surface area (Å²) in [7, 11) is 0. The maximum Gasteiger partial charge on any atom is 0.220 e. The Morgan fingerprint density at radius 2 is 2.06 bits per heavy atom. The first-order chi connectivity index (χ1) is 7.38. The quantitative estimate of drug-likeness (QED) is 0.665. The van der Waals surface area contributed by atoms with Crippen molar-refractivity contribution in [2.75, 3.05) is 6.54 Å². The van der Waals surface area contributed by atoms with Crippen molar-refractivity contribution in [2.24, 2.45) is 11.7 Å². The highest BCUT2D eigenvalue weighted by atomic mass is 16.3. The zero-order valence-electron chi connectivity index (χ0n) is 10.3. The summed E-state index contributed by atoms with van der Waals surface area (Å²) >= 11 is 0. The Morgan fingerprint density at radius 3 is 2.62 bits per heavy atom. The highest BCUT2D eigenvalue weighted by Gasteiger charge is 2.25. The number of carbonyl (C=O) groups excluding carboxylic acids is 1. The average Bonchev–Trinajstić information content (AvgIpc) is 2.18. The minimum atomic E-state index is -0.374. The highest BCUT2D eigenvalue weighted by Crippen LogP contribution is 2.26. The second-order valence-electron chi connectivity index (χ2n) is 5.58. The lowest BCUT2D eigenvalue weighted by molar-refractivity contribution is -0.123. The molecule has 1 amide bonds. The molecular weight excluding hydrogens is 204 g/mol. The predicted molar refractivity (Wildman–Crippen MR) is 63.9 cm³/mol. The van der Waals surface area contributed by atoms with Crippen LogP contribution in [0.4, 0.5) is 0 Å². The van der Waals surface area contributed by atoms with E-state index < -0.39 is 0 Å². The van der Waals surface area contributed by atoms with Crippen LogP contribution in [0.3, 0.4) is 0 Å². The highest BCUT2D eigenvalue weighted by molar-refractivity contribution is 5.76. The van der Waals surface area contributed by atoms with E-state index in [-0.39, 0.29) is 23.5 Å². The Balaban J connectivity index is 2.28.